The number of sulfonamides is 1. The van der Waals surface area contributed by atoms with Gasteiger partial charge in [-0.25, -0.2) is 22.3 Å². The Bertz CT molecular complexity index is 1300. The fourth-order valence-electron chi connectivity index (χ4n) is 4.01. The molecule has 1 unspecified atom stereocenters. The van der Waals surface area contributed by atoms with Gasteiger partial charge in [-0.05, 0) is 66.4 Å². The first kappa shape index (κ1) is 24.5. The van der Waals surface area contributed by atoms with Gasteiger partial charge in [0.15, 0.2) is 0 Å². The van der Waals surface area contributed by atoms with Gasteiger partial charge in [-0.2, -0.15) is 0 Å². The third kappa shape index (κ3) is 5.55. The molecule has 1 atom stereocenters. The molecule has 0 bridgehead atoms. The standard InChI is InChI=1S/C25H28FN5O3S/c1-2-24-29-22-12-7-19(26)15-23(22)31(24)20-8-3-17(4-9-20)13-14-28-25(32)30-35(33,34)21-10-5-18(16-27)6-11-21/h3-12,15,24,29H,2,13-14,16,27H2,1H3,(H2,28,30,32). The van der Waals surface area contributed by atoms with Crippen LogP contribution in [0.25, 0.3) is 0 Å². The summed E-state index contributed by atoms with van der Waals surface area (Å²) in [7, 11) is -3.97. The molecule has 1 heterocycles. The van der Waals surface area contributed by atoms with Crippen LogP contribution in [0.3, 0.4) is 0 Å². The average molecular weight is 498 g/mol. The van der Waals surface area contributed by atoms with Gasteiger partial charge in [0.1, 0.15) is 12.0 Å². The van der Waals surface area contributed by atoms with Crippen molar-refractivity contribution in [3.63, 3.8) is 0 Å². The highest BCUT2D eigenvalue weighted by atomic mass is 32.2. The molecule has 1 aliphatic rings. The van der Waals surface area contributed by atoms with Crippen molar-refractivity contribution in [2.24, 2.45) is 5.73 Å². The predicted octanol–water partition coefficient (Wildman–Crippen LogP) is 3.81. The highest BCUT2D eigenvalue weighted by Crippen LogP contribution is 2.41. The molecule has 0 fully saturated rings. The van der Waals surface area contributed by atoms with Gasteiger partial charge < -0.3 is 21.3 Å². The lowest BCUT2D eigenvalue weighted by Crippen LogP contribution is -2.40. The number of hydrogen-bond acceptors (Lipinski definition) is 6. The van der Waals surface area contributed by atoms with E-state index in [1.807, 2.05) is 29.0 Å². The topological polar surface area (TPSA) is 117 Å². The lowest BCUT2D eigenvalue weighted by Gasteiger charge is -2.26. The number of fused-ring (bicyclic) bond motifs is 1. The Morgan fingerprint density at radius 3 is 2.40 bits per heavy atom. The van der Waals surface area contributed by atoms with E-state index in [-0.39, 0.29) is 23.4 Å². The van der Waals surface area contributed by atoms with E-state index < -0.39 is 16.1 Å². The summed E-state index contributed by atoms with van der Waals surface area (Å²) in [6, 6.07) is 17.7. The van der Waals surface area contributed by atoms with Crippen LogP contribution in [0.2, 0.25) is 0 Å². The Morgan fingerprint density at radius 2 is 1.74 bits per heavy atom. The highest BCUT2D eigenvalue weighted by molar-refractivity contribution is 7.90. The molecular formula is C25H28FN5O3S. The number of nitrogens with zero attached hydrogens (tertiary/aromatic N) is 1. The van der Waals surface area contributed by atoms with E-state index in [1.54, 1.807) is 18.2 Å². The van der Waals surface area contributed by atoms with Gasteiger partial charge >= 0.3 is 6.03 Å². The predicted molar refractivity (Wildman–Crippen MR) is 134 cm³/mol. The quantitative estimate of drug-likeness (QED) is 0.376. The van der Waals surface area contributed by atoms with Gasteiger partial charge in [-0.3, -0.25) is 0 Å². The summed E-state index contributed by atoms with van der Waals surface area (Å²) in [4.78, 5) is 14.2. The molecule has 4 rings (SSSR count). The van der Waals surface area contributed by atoms with E-state index in [1.165, 1.54) is 24.3 Å². The van der Waals surface area contributed by atoms with Crippen molar-refractivity contribution in [1.29, 1.82) is 0 Å². The smallest absolute Gasteiger partial charge is 0.328 e. The van der Waals surface area contributed by atoms with E-state index in [2.05, 4.69) is 22.5 Å². The fourth-order valence-corrected chi connectivity index (χ4v) is 4.94. The van der Waals surface area contributed by atoms with Crippen molar-refractivity contribution in [2.45, 2.75) is 37.4 Å². The number of carbonyl (C=O) groups is 1. The Hall–Kier alpha value is -3.63. The zero-order chi connectivity index (χ0) is 25.0. The molecule has 0 saturated heterocycles. The molecular weight excluding hydrogens is 469 g/mol. The van der Waals surface area contributed by atoms with Gasteiger partial charge in [-0.1, -0.05) is 31.2 Å². The number of carbonyl (C=O) groups excluding carboxylic acids is 1. The third-order valence-corrected chi connectivity index (χ3v) is 7.20. The summed E-state index contributed by atoms with van der Waals surface area (Å²) in [5, 5.41) is 5.98. The number of nitrogens with one attached hydrogen (secondary N) is 3. The largest absolute Gasteiger partial charge is 0.363 e. The van der Waals surface area contributed by atoms with Crippen LogP contribution >= 0.6 is 0 Å². The number of nitrogens with two attached hydrogens (primary N) is 1. The molecule has 0 aromatic heterocycles. The zero-order valence-electron chi connectivity index (χ0n) is 19.3. The number of amides is 2. The second-order valence-corrected chi connectivity index (χ2v) is 9.91. The molecule has 0 spiro atoms. The van der Waals surface area contributed by atoms with Crippen LogP contribution in [0.5, 0.6) is 0 Å². The van der Waals surface area contributed by atoms with Crippen molar-refractivity contribution in [1.82, 2.24) is 10.0 Å². The Labute approximate surface area is 204 Å². The summed E-state index contributed by atoms with van der Waals surface area (Å²) in [6.07, 6.45) is 1.37. The van der Waals surface area contributed by atoms with Crippen molar-refractivity contribution >= 4 is 33.1 Å². The minimum Gasteiger partial charge on any atom is -0.363 e. The molecule has 3 aromatic rings. The molecule has 2 amide bonds. The first-order valence-corrected chi connectivity index (χ1v) is 12.8. The van der Waals surface area contributed by atoms with E-state index in [0.717, 1.165) is 34.6 Å². The minimum absolute atomic E-state index is 0.0105. The number of benzene rings is 3. The number of urea groups is 1. The molecule has 5 N–H and O–H groups in total. The second kappa shape index (κ2) is 10.3. The maximum atomic E-state index is 13.8. The Kier molecular flexibility index (Phi) is 7.23. The lowest BCUT2D eigenvalue weighted by molar-refractivity contribution is 0.246. The number of halogens is 1. The summed E-state index contributed by atoms with van der Waals surface area (Å²) >= 11 is 0. The van der Waals surface area contributed by atoms with Gasteiger partial charge in [-0.15, -0.1) is 0 Å². The minimum atomic E-state index is -3.97. The number of anilines is 3. The van der Waals surface area contributed by atoms with Gasteiger partial charge in [0, 0.05) is 18.8 Å². The van der Waals surface area contributed by atoms with Crippen LogP contribution in [0.1, 0.15) is 24.5 Å². The van der Waals surface area contributed by atoms with E-state index in [9.17, 15) is 17.6 Å². The number of rotatable bonds is 8. The molecule has 35 heavy (non-hydrogen) atoms. The molecule has 184 valence electrons. The molecule has 0 aliphatic carbocycles. The highest BCUT2D eigenvalue weighted by Gasteiger charge is 2.29. The van der Waals surface area contributed by atoms with Crippen LogP contribution in [0, 0.1) is 5.82 Å². The lowest BCUT2D eigenvalue weighted by atomic mass is 10.1. The molecule has 8 nitrogen and oxygen atoms in total. The summed E-state index contributed by atoms with van der Waals surface area (Å²) in [5.41, 5.74) is 9.89. The molecule has 0 radical (unpaired) electrons. The first-order chi connectivity index (χ1) is 16.8. The zero-order valence-corrected chi connectivity index (χ0v) is 20.1. The van der Waals surface area contributed by atoms with Crippen molar-refractivity contribution in [3.05, 3.63) is 83.7 Å². The molecule has 1 aliphatic heterocycles. The van der Waals surface area contributed by atoms with Crippen LogP contribution in [-0.4, -0.2) is 27.2 Å². The second-order valence-electron chi connectivity index (χ2n) is 8.23. The fraction of sp³-hybridized carbons (Fsp3) is 0.240. The van der Waals surface area contributed by atoms with Crippen LogP contribution < -0.4 is 26.0 Å². The van der Waals surface area contributed by atoms with Crippen LogP contribution in [0.4, 0.5) is 26.2 Å². The normalized spacial score (nSPS) is 14.8. The third-order valence-electron chi connectivity index (χ3n) is 5.85. The SMILES string of the molecule is CCC1Nc2ccc(F)cc2N1c1ccc(CCNC(=O)NS(=O)(=O)c2ccc(CN)cc2)cc1. The maximum Gasteiger partial charge on any atom is 0.328 e. The van der Waals surface area contributed by atoms with Crippen LogP contribution in [-0.2, 0) is 23.0 Å². The van der Waals surface area contributed by atoms with Gasteiger partial charge in [0.05, 0.1) is 16.3 Å². The van der Waals surface area contributed by atoms with E-state index >= 15 is 0 Å². The van der Waals surface area contributed by atoms with E-state index in [4.69, 9.17) is 5.73 Å². The average Bonchev–Trinajstić information content (AvgIpc) is 3.22. The summed E-state index contributed by atoms with van der Waals surface area (Å²) in [5.74, 6) is -0.289. The van der Waals surface area contributed by atoms with Gasteiger partial charge in [0.2, 0.25) is 0 Å². The number of hydrogen-bond donors (Lipinski definition) is 4. The van der Waals surface area contributed by atoms with Crippen LogP contribution in [0.15, 0.2) is 71.6 Å². The molecule has 10 heteroatoms. The summed E-state index contributed by atoms with van der Waals surface area (Å²) in [6.45, 7) is 2.62. The first-order valence-electron chi connectivity index (χ1n) is 11.3. The van der Waals surface area contributed by atoms with Crippen molar-refractivity contribution in [2.75, 3.05) is 16.8 Å². The Morgan fingerprint density at radius 1 is 1.06 bits per heavy atom. The van der Waals surface area contributed by atoms with Crippen molar-refractivity contribution in [3.8, 4) is 0 Å². The van der Waals surface area contributed by atoms with Crippen molar-refractivity contribution < 1.29 is 17.6 Å². The molecule has 0 saturated carbocycles. The summed E-state index contributed by atoms with van der Waals surface area (Å²) < 4.78 is 40.6. The van der Waals surface area contributed by atoms with E-state index in [0.29, 0.717) is 13.0 Å². The molecule has 3 aromatic carbocycles. The maximum absolute atomic E-state index is 13.8. The monoisotopic (exact) mass is 497 g/mol. The van der Waals surface area contributed by atoms with Gasteiger partial charge in [0.25, 0.3) is 10.0 Å². The Balaban J connectivity index is 1.33.